The molecule has 0 spiro atoms. The van der Waals surface area contributed by atoms with E-state index in [1.165, 1.54) is 0 Å². The fourth-order valence-electron chi connectivity index (χ4n) is 0.385. The van der Waals surface area contributed by atoms with E-state index in [2.05, 4.69) is 34.1 Å². The first kappa shape index (κ1) is 8.10. The van der Waals surface area contributed by atoms with Gasteiger partial charge in [0.15, 0.2) is 0 Å². The van der Waals surface area contributed by atoms with Gasteiger partial charge in [0.1, 0.15) is 0 Å². The zero-order valence-electron chi connectivity index (χ0n) is 4.88. The normalized spacial score (nSPS) is 10.4. The molecule has 0 bridgehead atoms. The van der Waals surface area contributed by atoms with Gasteiger partial charge in [0.2, 0.25) is 0 Å². The third-order valence-electron chi connectivity index (χ3n) is 0.758. The molecule has 0 N–H and O–H groups in total. The molecule has 0 aliphatic carbocycles. The van der Waals surface area contributed by atoms with Crippen LogP contribution >= 0.6 is 0 Å². The molecule has 0 saturated heterocycles. The molecule has 50 valence electrons. The molecule has 0 amide bonds. The minimum absolute atomic E-state index is 0.890. The number of allylic oxidation sites excluding steroid dienone is 2. The Hall–Kier alpha value is 0.104. The van der Waals surface area contributed by atoms with Gasteiger partial charge in [0, 0.05) is 0 Å². The average Bonchev–Trinajstić information content (AvgIpc) is 1.81. The van der Waals surface area contributed by atoms with Crippen LogP contribution in [-0.2, 0) is 15.0 Å². The maximum atomic E-state index is 4.37. The first-order valence-corrected chi connectivity index (χ1v) is 3.31. The Morgan fingerprint density at radius 1 is 1.25 bits per heavy atom. The van der Waals surface area contributed by atoms with Gasteiger partial charge in [-0.25, -0.2) is 0 Å². The molecule has 0 aromatic carbocycles. The minimum atomic E-state index is 0.890. The van der Waals surface area contributed by atoms with Crippen LogP contribution in [0, 0.1) is 6.92 Å². The van der Waals surface area contributed by atoms with Crippen LogP contribution in [0.4, 0.5) is 0 Å². The van der Waals surface area contributed by atoms with Gasteiger partial charge in [-0.3, -0.25) is 0 Å². The second kappa shape index (κ2) is 7.10. The predicted molar refractivity (Wildman–Crippen MR) is 34.4 cm³/mol. The summed E-state index contributed by atoms with van der Waals surface area (Å²) in [5.74, 6) is 0. The predicted octanol–water partition coefficient (Wildman–Crippen LogP) is 1.90. The van der Waals surface area contributed by atoms with E-state index in [1.807, 2.05) is 0 Å². The van der Waals surface area contributed by atoms with Crippen molar-refractivity contribution in [2.75, 3.05) is 0 Å². The first-order valence-electron chi connectivity index (χ1n) is 2.74. The molecule has 8 heavy (non-hydrogen) atoms. The second-order valence-electron chi connectivity index (χ2n) is 1.47. The fourth-order valence-corrected chi connectivity index (χ4v) is 0.549. The Balaban J connectivity index is 2.90. The molecule has 0 aromatic heterocycles. The van der Waals surface area contributed by atoms with Crippen molar-refractivity contribution < 1.29 is 15.0 Å². The Morgan fingerprint density at radius 3 is 2.50 bits per heavy atom. The van der Waals surface area contributed by atoms with Crippen molar-refractivity contribution in [2.45, 2.75) is 19.3 Å². The molecule has 0 rings (SSSR count). The molecule has 0 fully saturated rings. The molecule has 0 aliphatic heterocycles. The van der Waals surface area contributed by atoms with Crippen molar-refractivity contribution in [3.05, 3.63) is 19.1 Å². The SMILES string of the molecule is [CH2-]C/C=C\CC[CH]=[Ni]. The van der Waals surface area contributed by atoms with Gasteiger partial charge in [0.05, 0.1) is 0 Å². The summed E-state index contributed by atoms with van der Waals surface area (Å²) in [6.07, 6.45) is 7.17. The van der Waals surface area contributed by atoms with Gasteiger partial charge in [-0.05, 0) is 0 Å². The Morgan fingerprint density at radius 2 is 2.00 bits per heavy atom. The van der Waals surface area contributed by atoms with E-state index in [0.717, 1.165) is 19.3 Å². The van der Waals surface area contributed by atoms with Crippen molar-refractivity contribution >= 4 is 4.99 Å². The van der Waals surface area contributed by atoms with Gasteiger partial charge in [-0.2, -0.15) is 0 Å². The maximum absolute atomic E-state index is 4.37. The van der Waals surface area contributed by atoms with Gasteiger partial charge < -0.3 is 0 Å². The third-order valence-corrected chi connectivity index (χ3v) is 1.04. The van der Waals surface area contributed by atoms with Crippen LogP contribution in [0.25, 0.3) is 0 Å². The molecule has 0 aliphatic rings. The van der Waals surface area contributed by atoms with Gasteiger partial charge in [-0.1, -0.05) is 0 Å². The Labute approximate surface area is 58.9 Å². The summed E-state index contributed by atoms with van der Waals surface area (Å²) < 4.78 is 0. The number of rotatable bonds is 4. The number of hydrogen-bond donors (Lipinski definition) is 0. The van der Waals surface area contributed by atoms with E-state index in [0.29, 0.717) is 0 Å². The molecule has 0 radical (unpaired) electrons. The molecule has 0 unspecified atom stereocenters. The van der Waals surface area contributed by atoms with Crippen LogP contribution in [0.1, 0.15) is 19.3 Å². The van der Waals surface area contributed by atoms with Crippen molar-refractivity contribution in [1.82, 2.24) is 0 Å². The quantitative estimate of drug-likeness (QED) is 0.251. The van der Waals surface area contributed by atoms with E-state index in [-0.39, 0.29) is 0 Å². The summed E-state index contributed by atoms with van der Waals surface area (Å²) in [6, 6.07) is 0. The van der Waals surface area contributed by atoms with Gasteiger partial charge in [-0.15, -0.1) is 0 Å². The summed E-state index contributed by atoms with van der Waals surface area (Å²) in [4.78, 5) is 1.80. The zero-order chi connectivity index (χ0) is 6.24. The molecule has 0 heterocycles. The van der Waals surface area contributed by atoms with Crippen molar-refractivity contribution in [2.24, 2.45) is 0 Å². The second-order valence-corrected chi connectivity index (χ2v) is 1.87. The summed E-state index contributed by atoms with van der Waals surface area (Å²) >= 11 is 4.37. The third kappa shape index (κ3) is 6.10. The van der Waals surface area contributed by atoms with Crippen LogP contribution in [0.5, 0.6) is 0 Å². The van der Waals surface area contributed by atoms with Crippen molar-refractivity contribution in [3.63, 3.8) is 0 Å². The van der Waals surface area contributed by atoms with Crippen LogP contribution in [0.2, 0.25) is 0 Å². The van der Waals surface area contributed by atoms with Crippen LogP contribution in [0.15, 0.2) is 12.2 Å². The summed E-state index contributed by atoms with van der Waals surface area (Å²) in [7, 11) is 0. The van der Waals surface area contributed by atoms with E-state index < -0.39 is 0 Å². The van der Waals surface area contributed by atoms with Crippen LogP contribution in [0.3, 0.4) is 0 Å². The molecule has 0 aromatic rings. The monoisotopic (exact) mass is 153 g/mol. The van der Waals surface area contributed by atoms with Gasteiger partial charge in [0.25, 0.3) is 0 Å². The standard InChI is InChI=1S/C7H11.Ni/c1-3-5-7-6-4-2;/h1,6-7H,2-5H2;/q-1;/b7-6-;. The molecule has 0 nitrogen and oxygen atoms in total. The van der Waals surface area contributed by atoms with Crippen molar-refractivity contribution in [3.8, 4) is 0 Å². The Bertz CT molecular complexity index is 74.5. The molecule has 0 saturated carbocycles. The molecule has 0 atom stereocenters. The molecular weight excluding hydrogens is 143 g/mol. The van der Waals surface area contributed by atoms with Crippen LogP contribution in [-0.4, -0.2) is 4.99 Å². The van der Waals surface area contributed by atoms with Crippen molar-refractivity contribution in [1.29, 1.82) is 0 Å². The fraction of sp³-hybridized carbons (Fsp3) is 0.429. The summed E-state index contributed by atoms with van der Waals surface area (Å²) in [6.45, 7) is 3.66. The first-order chi connectivity index (χ1) is 3.91. The average molecular weight is 154 g/mol. The Kier molecular flexibility index (Phi) is 7.20. The number of unbranched alkanes of at least 4 members (excludes halogenated alkanes) is 1. The summed E-state index contributed by atoms with van der Waals surface area (Å²) in [5.41, 5.74) is 0. The van der Waals surface area contributed by atoms with Gasteiger partial charge >= 0.3 is 58.4 Å². The van der Waals surface area contributed by atoms with E-state index in [9.17, 15) is 0 Å². The summed E-state index contributed by atoms with van der Waals surface area (Å²) in [5, 5.41) is 0. The zero-order valence-corrected chi connectivity index (χ0v) is 5.86. The topological polar surface area (TPSA) is 0 Å². The molecule has 1 heteroatoms. The molecular formula is C7H11Ni-. The number of hydrogen-bond acceptors (Lipinski definition) is 0. The van der Waals surface area contributed by atoms with E-state index in [1.54, 1.807) is 4.99 Å². The van der Waals surface area contributed by atoms with E-state index >= 15 is 0 Å². The van der Waals surface area contributed by atoms with Crippen LogP contribution < -0.4 is 0 Å². The van der Waals surface area contributed by atoms with E-state index in [4.69, 9.17) is 0 Å².